The summed E-state index contributed by atoms with van der Waals surface area (Å²) in [7, 11) is 1.01. The lowest BCUT2D eigenvalue weighted by atomic mass is 10.6. The van der Waals surface area contributed by atoms with Crippen LogP contribution in [-0.2, 0) is 4.79 Å². The van der Waals surface area contributed by atoms with Gasteiger partial charge in [0, 0.05) is 18.0 Å². The molecule has 0 spiro atoms. The molecule has 0 bridgehead atoms. The van der Waals surface area contributed by atoms with Crippen LogP contribution in [0.2, 0.25) is 0 Å². The minimum absolute atomic E-state index is 0.354. The van der Waals surface area contributed by atoms with Gasteiger partial charge in [-0.3, -0.25) is 9.69 Å². The maximum absolute atomic E-state index is 10.7. The molecule has 2 N–H and O–H groups in total. The lowest BCUT2D eigenvalue weighted by molar-refractivity contribution is -0.124. The maximum Gasteiger partial charge on any atom is 0.321 e. The Hall–Kier alpha value is -1.06. The van der Waals surface area contributed by atoms with Gasteiger partial charge in [-0.05, 0) is 0 Å². The van der Waals surface area contributed by atoms with Crippen molar-refractivity contribution in [1.82, 2.24) is 4.90 Å². The molecule has 0 saturated heterocycles. The smallest absolute Gasteiger partial charge is 0.321 e. The van der Waals surface area contributed by atoms with Crippen molar-refractivity contribution >= 4 is 11.9 Å². The second-order valence-corrected chi connectivity index (χ2v) is 1.20. The van der Waals surface area contributed by atoms with Crippen LogP contribution in [0.1, 0.15) is 11.0 Å². The Labute approximate surface area is 51.5 Å². The first-order chi connectivity index (χ1) is 4.76. The van der Waals surface area contributed by atoms with Crippen LogP contribution in [0.5, 0.6) is 0 Å². The number of rotatable bonds is 0. The van der Waals surface area contributed by atoms with Crippen LogP contribution >= 0.6 is 0 Å². The molecule has 46 valence electrons. The van der Waals surface area contributed by atoms with Crippen molar-refractivity contribution < 1.29 is 13.7 Å². The van der Waals surface area contributed by atoms with E-state index in [0.29, 0.717) is 4.90 Å². The molecule has 0 aromatic heterocycles. The summed E-state index contributed by atoms with van der Waals surface area (Å²) in [4.78, 5) is 21.3. The first-order valence-corrected chi connectivity index (χ1v) is 1.84. The molecular weight excluding hydrogens is 108 g/mol. The minimum atomic E-state index is -2.80. The lowest BCUT2D eigenvalue weighted by Crippen LogP contribution is -2.35. The van der Waals surface area contributed by atoms with Gasteiger partial charge in [-0.1, -0.05) is 0 Å². The second kappa shape index (κ2) is 2.30. The van der Waals surface area contributed by atoms with Crippen molar-refractivity contribution in [1.29, 1.82) is 0 Å². The van der Waals surface area contributed by atoms with Gasteiger partial charge in [-0.2, -0.15) is 0 Å². The third-order valence-corrected chi connectivity index (χ3v) is 0.635. The number of amides is 3. The highest BCUT2D eigenvalue weighted by Crippen LogP contribution is 1.79. The van der Waals surface area contributed by atoms with Gasteiger partial charge in [0.1, 0.15) is 0 Å². The number of imide groups is 1. The summed E-state index contributed by atoms with van der Waals surface area (Å²) in [5, 5.41) is 0. The van der Waals surface area contributed by atoms with Crippen molar-refractivity contribution in [2.24, 2.45) is 5.73 Å². The zero-order valence-corrected chi connectivity index (χ0v) is 4.34. The highest BCUT2D eigenvalue weighted by atomic mass is 16.2. The number of hydrogen-bond donors (Lipinski definition) is 1. The molecule has 0 aromatic carbocycles. The molecule has 0 fully saturated rings. The van der Waals surface area contributed by atoms with Crippen molar-refractivity contribution in [2.75, 3.05) is 7.05 Å². The van der Waals surface area contributed by atoms with Gasteiger partial charge in [0.25, 0.3) is 0 Å². The molecule has 0 aromatic rings. The van der Waals surface area contributed by atoms with E-state index in [0.717, 1.165) is 7.05 Å². The normalized spacial score (nSPS) is 15.4. The Morgan fingerprint density at radius 1 is 1.75 bits per heavy atom. The fraction of sp³-hybridized carbons (Fsp3) is 0.500. The van der Waals surface area contributed by atoms with Gasteiger partial charge in [0.15, 0.2) is 0 Å². The molecule has 0 aliphatic rings. The molecule has 0 atom stereocenters. The highest BCUT2D eigenvalue weighted by Gasteiger charge is 2.05. The average molecular weight is 119 g/mol. The van der Waals surface area contributed by atoms with E-state index in [4.69, 9.17) is 4.11 Å². The number of carbonyl (C=O) groups is 2. The van der Waals surface area contributed by atoms with E-state index in [1.54, 1.807) is 0 Å². The molecule has 4 nitrogen and oxygen atoms in total. The summed E-state index contributed by atoms with van der Waals surface area (Å²) in [6.07, 6.45) is 0. The standard InChI is InChI=1S/C4H8N2O2/c1-3(7)6(2)4(5)8/h1-2H3,(H2,5,8)/i1D3. The van der Waals surface area contributed by atoms with Crippen molar-refractivity contribution in [3.05, 3.63) is 0 Å². The number of nitrogens with two attached hydrogens (primary N) is 1. The molecule has 0 heterocycles. The zero-order chi connectivity index (χ0) is 9.23. The van der Waals surface area contributed by atoms with Gasteiger partial charge < -0.3 is 5.73 Å². The van der Waals surface area contributed by atoms with E-state index >= 15 is 0 Å². The van der Waals surface area contributed by atoms with Crippen LogP contribution in [0.3, 0.4) is 0 Å². The monoisotopic (exact) mass is 119 g/mol. The molecule has 0 radical (unpaired) electrons. The Kier molecular flexibility index (Phi) is 0.881. The molecule has 0 aliphatic heterocycles. The van der Waals surface area contributed by atoms with E-state index in [2.05, 4.69) is 5.73 Å². The number of hydrogen-bond acceptors (Lipinski definition) is 2. The summed E-state index contributed by atoms with van der Waals surface area (Å²) in [6.45, 7) is -2.80. The number of primary amides is 1. The molecule has 0 unspecified atom stereocenters. The van der Waals surface area contributed by atoms with Crippen LogP contribution < -0.4 is 5.73 Å². The first-order valence-electron chi connectivity index (χ1n) is 3.34. The van der Waals surface area contributed by atoms with Gasteiger partial charge in [-0.25, -0.2) is 4.79 Å². The van der Waals surface area contributed by atoms with Crippen molar-refractivity contribution in [2.45, 2.75) is 6.85 Å². The lowest BCUT2D eigenvalue weighted by Gasteiger charge is -2.06. The summed E-state index contributed by atoms with van der Waals surface area (Å²) < 4.78 is 19.8. The fourth-order valence-electron chi connectivity index (χ4n) is 0.100. The number of nitrogens with zero attached hydrogens (tertiary/aromatic N) is 1. The minimum Gasteiger partial charge on any atom is -0.351 e. The Balaban J connectivity index is 4.39. The van der Waals surface area contributed by atoms with Crippen LogP contribution in [0.15, 0.2) is 0 Å². The summed E-state index contributed by atoms with van der Waals surface area (Å²) >= 11 is 0. The second-order valence-electron chi connectivity index (χ2n) is 1.20. The van der Waals surface area contributed by atoms with Crippen molar-refractivity contribution in [3.63, 3.8) is 0 Å². The topological polar surface area (TPSA) is 63.4 Å². The predicted octanol–water partition coefficient (Wildman–Crippen LogP) is -0.457. The van der Waals surface area contributed by atoms with Gasteiger partial charge in [0.05, 0.1) is 0 Å². The molecule has 0 aliphatic carbocycles. The molecule has 0 saturated carbocycles. The molecule has 4 heteroatoms. The zero-order valence-electron chi connectivity index (χ0n) is 7.34. The van der Waals surface area contributed by atoms with Gasteiger partial charge in [-0.15, -0.1) is 0 Å². The molecule has 3 amide bonds. The summed E-state index contributed by atoms with van der Waals surface area (Å²) in [6, 6.07) is -1.08. The van der Waals surface area contributed by atoms with Gasteiger partial charge in [0.2, 0.25) is 5.91 Å². The van der Waals surface area contributed by atoms with Crippen LogP contribution in [-0.4, -0.2) is 23.9 Å². The van der Waals surface area contributed by atoms with E-state index in [1.165, 1.54) is 0 Å². The van der Waals surface area contributed by atoms with E-state index in [-0.39, 0.29) is 0 Å². The SMILES string of the molecule is [2H]C([2H])([2H])C(=O)N(C)C(N)=O. The summed E-state index contributed by atoms with van der Waals surface area (Å²) in [5.41, 5.74) is 4.65. The van der Waals surface area contributed by atoms with Crippen LogP contribution in [0, 0.1) is 0 Å². The predicted molar refractivity (Wildman–Crippen MR) is 28.0 cm³/mol. The van der Waals surface area contributed by atoms with Crippen molar-refractivity contribution in [3.8, 4) is 0 Å². The largest absolute Gasteiger partial charge is 0.351 e. The summed E-state index contributed by atoms with van der Waals surface area (Å²) in [5.74, 6) is -1.27. The maximum atomic E-state index is 10.7. The molecule has 0 rings (SSSR count). The molecule has 8 heavy (non-hydrogen) atoms. The quantitative estimate of drug-likeness (QED) is 0.469. The Morgan fingerprint density at radius 2 is 2.25 bits per heavy atom. The Morgan fingerprint density at radius 3 is 2.38 bits per heavy atom. The Bertz CT molecular complexity index is 188. The number of urea groups is 1. The highest BCUT2D eigenvalue weighted by molar-refractivity contribution is 5.91. The van der Waals surface area contributed by atoms with Gasteiger partial charge >= 0.3 is 6.03 Å². The number of carbonyl (C=O) groups excluding carboxylic acids is 2. The average Bonchev–Trinajstić information content (AvgIpc) is 1.82. The van der Waals surface area contributed by atoms with Crippen LogP contribution in [0.25, 0.3) is 0 Å². The van der Waals surface area contributed by atoms with E-state index in [9.17, 15) is 9.59 Å². The van der Waals surface area contributed by atoms with E-state index in [1.807, 2.05) is 0 Å². The van der Waals surface area contributed by atoms with Crippen LogP contribution in [0.4, 0.5) is 4.79 Å². The fourth-order valence-corrected chi connectivity index (χ4v) is 0.100. The third-order valence-electron chi connectivity index (χ3n) is 0.635. The van der Waals surface area contributed by atoms with E-state index < -0.39 is 18.8 Å². The molecular formula is C4H8N2O2. The first kappa shape index (κ1) is 3.06. The third kappa shape index (κ3) is 1.59.